The van der Waals surface area contributed by atoms with Gasteiger partial charge >= 0.3 is 5.97 Å². The van der Waals surface area contributed by atoms with Gasteiger partial charge < -0.3 is 20.7 Å². The molecule has 0 aliphatic heterocycles. The van der Waals surface area contributed by atoms with E-state index in [1.165, 1.54) is 0 Å². The maximum Gasteiger partial charge on any atom is 0.338 e. The molecular weight excluding hydrogens is 234 g/mol. The van der Waals surface area contributed by atoms with Gasteiger partial charge in [0.2, 0.25) is 0 Å². The molecule has 0 heterocycles. The zero-order valence-electron chi connectivity index (χ0n) is 10.4. The highest BCUT2D eigenvalue weighted by molar-refractivity contribution is 5.89. The van der Waals surface area contributed by atoms with Crippen molar-refractivity contribution in [3.05, 3.63) is 35.4 Å². The zero-order valence-corrected chi connectivity index (χ0v) is 10.4. The van der Waals surface area contributed by atoms with Crippen LogP contribution in [0.2, 0.25) is 0 Å². The number of esters is 1. The van der Waals surface area contributed by atoms with Crippen LogP contribution in [-0.4, -0.2) is 35.4 Å². The molecule has 0 aliphatic rings. The molecule has 4 N–H and O–H groups in total. The minimum atomic E-state index is -0.996. The minimum Gasteiger partial charge on any atom is -0.462 e. The van der Waals surface area contributed by atoms with E-state index in [2.05, 4.69) is 0 Å². The van der Waals surface area contributed by atoms with Gasteiger partial charge in [-0.3, -0.25) is 0 Å². The summed E-state index contributed by atoms with van der Waals surface area (Å²) in [7, 11) is 0. The number of rotatable bonds is 6. The molecule has 0 fully saturated rings. The largest absolute Gasteiger partial charge is 0.462 e. The third-order valence-electron chi connectivity index (χ3n) is 2.59. The van der Waals surface area contributed by atoms with Gasteiger partial charge in [-0.15, -0.1) is 0 Å². The number of carbonyl (C=O) groups excluding carboxylic acids is 1. The molecule has 5 nitrogen and oxygen atoms in total. The van der Waals surface area contributed by atoms with Gasteiger partial charge in [0.05, 0.1) is 18.3 Å². The smallest absolute Gasteiger partial charge is 0.338 e. The summed E-state index contributed by atoms with van der Waals surface area (Å²) in [4.78, 5) is 11.4. The highest BCUT2D eigenvalue weighted by atomic mass is 16.5. The van der Waals surface area contributed by atoms with E-state index >= 15 is 0 Å². The van der Waals surface area contributed by atoms with E-state index in [9.17, 15) is 15.0 Å². The lowest BCUT2D eigenvalue weighted by molar-refractivity contribution is 0.0150. The molecule has 100 valence electrons. The van der Waals surface area contributed by atoms with Crippen LogP contribution in [0.15, 0.2) is 24.3 Å². The Hall–Kier alpha value is -1.43. The molecule has 0 amide bonds. The van der Waals surface area contributed by atoms with Crippen LogP contribution in [-0.2, 0) is 4.74 Å². The van der Waals surface area contributed by atoms with E-state index in [-0.39, 0.29) is 0 Å². The van der Waals surface area contributed by atoms with Crippen LogP contribution in [0.1, 0.15) is 35.4 Å². The van der Waals surface area contributed by atoms with Crippen molar-refractivity contribution >= 4 is 5.97 Å². The van der Waals surface area contributed by atoms with Gasteiger partial charge in [-0.25, -0.2) is 4.79 Å². The summed E-state index contributed by atoms with van der Waals surface area (Å²) in [5.41, 5.74) is 6.27. The predicted molar refractivity (Wildman–Crippen MR) is 67.0 cm³/mol. The highest BCUT2D eigenvalue weighted by Gasteiger charge is 2.17. The monoisotopic (exact) mass is 253 g/mol. The first kappa shape index (κ1) is 14.6. The molecule has 0 aromatic heterocycles. The summed E-state index contributed by atoms with van der Waals surface area (Å²) in [6.07, 6.45) is -1.57. The number of benzene rings is 1. The van der Waals surface area contributed by atoms with Crippen LogP contribution in [0.5, 0.6) is 0 Å². The summed E-state index contributed by atoms with van der Waals surface area (Å²) in [5.74, 6) is -0.402. The molecular formula is C13H19NO4. The number of nitrogens with two attached hydrogens (primary N) is 1. The van der Waals surface area contributed by atoms with Crippen molar-refractivity contribution in [3.8, 4) is 0 Å². The number of hydrogen-bond acceptors (Lipinski definition) is 5. The second-order valence-electron chi connectivity index (χ2n) is 3.93. The number of aliphatic hydroxyl groups is 2. The summed E-state index contributed by atoms with van der Waals surface area (Å²) >= 11 is 0. The van der Waals surface area contributed by atoms with Crippen molar-refractivity contribution in [2.45, 2.75) is 25.6 Å². The van der Waals surface area contributed by atoms with Gasteiger partial charge in [0.25, 0.3) is 0 Å². The summed E-state index contributed by atoms with van der Waals surface area (Å²) in [6.45, 7) is 2.36. The molecule has 0 radical (unpaired) electrons. The van der Waals surface area contributed by atoms with Gasteiger partial charge in [-0.2, -0.15) is 0 Å². The second-order valence-corrected chi connectivity index (χ2v) is 3.93. The summed E-state index contributed by atoms with van der Waals surface area (Å²) < 4.78 is 4.85. The van der Waals surface area contributed by atoms with E-state index < -0.39 is 18.2 Å². The van der Waals surface area contributed by atoms with Gasteiger partial charge in [-0.1, -0.05) is 12.1 Å². The maximum atomic E-state index is 11.4. The van der Waals surface area contributed by atoms with E-state index in [0.29, 0.717) is 30.7 Å². The molecule has 0 spiro atoms. The van der Waals surface area contributed by atoms with Gasteiger partial charge in [0.1, 0.15) is 6.10 Å². The molecule has 0 bridgehead atoms. The Kier molecular flexibility index (Phi) is 5.77. The third kappa shape index (κ3) is 3.80. The van der Waals surface area contributed by atoms with Crippen molar-refractivity contribution in [3.63, 3.8) is 0 Å². The quantitative estimate of drug-likeness (QED) is 0.646. The Bertz CT molecular complexity index is 377. The van der Waals surface area contributed by atoms with Crippen LogP contribution >= 0.6 is 0 Å². The van der Waals surface area contributed by atoms with Crippen molar-refractivity contribution in [1.29, 1.82) is 0 Å². The predicted octanol–water partition coefficient (Wildman–Crippen LogP) is 0.606. The van der Waals surface area contributed by atoms with Gasteiger partial charge in [-0.05, 0) is 37.6 Å². The molecule has 1 aromatic rings. The van der Waals surface area contributed by atoms with Crippen LogP contribution in [0.25, 0.3) is 0 Å². The molecule has 0 saturated carbocycles. The van der Waals surface area contributed by atoms with Crippen molar-refractivity contribution in [2.24, 2.45) is 5.73 Å². The fraction of sp³-hybridized carbons (Fsp3) is 0.462. The average Bonchev–Trinajstić information content (AvgIpc) is 2.38. The van der Waals surface area contributed by atoms with E-state index in [1.807, 2.05) is 0 Å². The maximum absolute atomic E-state index is 11.4. The molecule has 0 saturated heterocycles. The van der Waals surface area contributed by atoms with Crippen molar-refractivity contribution in [2.75, 3.05) is 13.2 Å². The Morgan fingerprint density at radius 1 is 1.33 bits per heavy atom. The average molecular weight is 253 g/mol. The van der Waals surface area contributed by atoms with Gasteiger partial charge in [0, 0.05) is 0 Å². The highest BCUT2D eigenvalue weighted by Crippen LogP contribution is 2.19. The second kappa shape index (κ2) is 7.10. The zero-order chi connectivity index (χ0) is 13.5. The third-order valence-corrected chi connectivity index (χ3v) is 2.59. The lowest BCUT2D eigenvalue weighted by atomic mass is 10.0. The van der Waals surface area contributed by atoms with E-state index in [0.717, 1.165) is 0 Å². The van der Waals surface area contributed by atoms with Crippen LogP contribution in [0.3, 0.4) is 0 Å². The summed E-state index contributed by atoms with van der Waals surface area (Å²) in [6, 6.07) is 6.31. The number of hydrogen-bond donors (Lipinski definition) is 3. The molecule has 1 rings (SSSR count). The number of aliphatic hydroxyl groups excluding tert-OH is 2. The van der Waals surface area contributed by atoms with Gasteiger partial charge in [0.15, 0.2) is 0 Å². The van der Waals surface area contributed by atoms with Crippen molar-refractivity contribution < 1.29 is 19.7 Å². The normalized spacial score (nSPS) is 14.0. The first-order valence-corrected chi connectivity index (χ1v) is 5.93. The van der Waals surface area contributed by atoms with E-state index in [4.69, 9.17) is 10.5 Å². The Morgan fingerprint density at radius 3 is 2.44 bits per heavy atom. The summed E-state index contributed by atoms with van der Waals surface area (Å²) in [5, 5.41) is 19.4. The molecule has 0 aliphatic carbocycles. The molecule has 1 aromatic carbocycles. The lowest BCUT2D eigenvalue weighted by Crippen LogP contribution is -2.21. The minimum absolute atomic E-state index is 0.305. The molecule has 2 atom stereocenters. The fourth-order valence-corrected chi connectivity index (χ4v) is 1.58. The Balaban J connectivity index is 2.73. The van der Waals surface area contributed by atoms with Crippen LogP contribution < -0.4 is 5.73 Å². The first-order chi connectivity index (χ1) is 8.60. The SMILES string of the molecule is CCOC(=O)c1ccc(C(O)C(O)CCN)cc1. The molecule has 5 heteroatoms. The number of carbonyl (C=O) groups is 1. The fourth-order valence-electron chi connectivity index (χ4n) is 1.58. The Morgan fingerprint density at radius 2 is 1.94 bits per heavy atom. The number of ether oxygens (including phenoxy) is 1. The topological polar surface area (TPSA) is 92.8 Å². The standard InChI is InChI=1S/C13H19NO4/c1-2-18-13(17)10-5-3-9(4-6-10)12(16)11(15)7-8-14/h3-6,11-12,15-16H,2,7-8,14H2,1H3. The lowest BCUT2D eigenvalue weighted by Gasteiger charge is -2.17. The van der Waals surface area contributed by atoms with Crippen LogP contribution in [0, 0.1) is 0 Å². The molecule has 18 heavy (non-hydrogen) atoms. The molecule has 2 unspecified atom stereocenters. The Labute approximate surface area is 106 Å². The first-order valence-electron chi connectivity index (χ1n) is 5.93. The van der Waals surface area contributed by atoms with Crippen LogP contribution in [0.4, 0.5) is 0 Å². The van der Waals surface area contributed by atoms with E-state index in [1.54, 1.807) is 31.2 Å². The van der Waals surface area contributed by atoms with Crippen molar-refractivity contribution in [1.82, 2.24) is 0 Å².